The van der Waals surface area contributed by atoms with Crippen molar-refractivity contribution in [2.75, 3.05) is 13.2 Å². The van der Waals surface area contributed by atoms with E-state index < -0.39 is 16.3 Å². The third kappa shape index (κ3) is 6.36. The monoisotopic (exact) mass is 351 g/mol. The highest BCUT2D eigenvalue weighted by atomic mass is 79.9. The first kappa shape index (κ1) is 18.9. The number of carboxylic acid groups (broad SMARTS) is 1. The van der Waals surface area contributed by atoms with E-state index in [1.165, 1.54) is 0 Å². The number of alkyl halides is 1. The molecule has 2 N–H and O–H groups in total. The average Bonchev–Trinajstić information content (AvgIpc) is 2.30. The van der Waals surface area contributed by atoms with Crippen molar-refractivity contribution >= 4 is 33.8 Å². The van der Waals surface area contributed by atoms with Gasteiger partial charge in [0.25, 0.3) is 0 Å². The Morgan fingerprint density at radius 1 is 1.15 bits per heavy atom. The van der Waals surface area contributed by atoms with Crippen LogP contribution in [0.1, 0.15) is 40.5 Å². The van der Waals surface area contributed by atoms with Gasteiger partial charge < -0.3 is 15.2 Å². The molecule has 0 aromatic carbocycles. The summed E-state index contributed by atoms with van der Waals surface area (Å²) in [7, 11) is 0. The van der Waals surface area contributed by atoms with Gasteiger partial charge >= 0.3 is 11.9 Å². The van der Waals surface area contributed by atoms with Crippen molar-refractivity contribution in [3.05, 3.63) is 0 Å². The molecule has 1 unspecified atom stereocenters. The first-order chi connectivity index (χ1) is 8.98. The summed E-state index contributed by atoms with van der Waals surface area (Å²) >= 11 is 3.40. The van der Waals surface area contributed by atoms with Crippen LogP contribution in [0.25, 0.3) is 0 Å². The summed E-state index contributed by atoms with van der Waals surface area (Å²) in [5.41, 5.74) is -0.269. The summed E-state index contributed by atoms with van der Waals surface area (Å²) in [5, 5.41) is 11.1. The molecule has 0 heterocycles. The largest absolute Gasteiger partial charge is 0.481 e. The van der Waals surface area contributed by atoms with Crippen LogP contribution in [0, 0.1) is 5.41 Å². The first-order valence-corrected chi connectivity index (χ1v) is 7.12. The minimum atomic E-state index is -1.05. The van der Waals surface area contributed by atoms with Crippen molar-refractivity contribution in [1.29, 1.82) is 0 Å². The molecule has 0 aliphatic heterocycles. The molecular formula is C13H22BrNO5. The van der Waals surface area contributed by atoms with Gasteiger partial charge in [0.15, 0.2) is 0 Å². The molecule has 1 amide bonds. The fourth-order valence-corrected chi connectivity index (χ4v) is 1.26. The third-order valence-electron chi connectivity index (χ3n) is 3.03. The molecule has 0 aliphatic rings. The van der Waals surface area contributed by atoms with E-state index in [0.29, 0.717) is 0 Å². The van der Waals surface area contributed by atoms with E-state index in [4.69, 9.17) is 9.84 Å². The number of halogens is 1. The molecular weight excluding hydrogens is 330 g/mol. The van der Waals surface area contributed by atoms with E-state index in [1.54, 1.807) is 6.92 Å². The molecule has 0 aromatic rings. The van der Waals surface area contributed by atoms with Gasteiger partial charge in [-0.15, -0.1) is 0 Å². The molecule has 0 spiro atoms. The highest BCUT2D eigenvalue weighted by molar-refractivity contribution is 9.10. The average molecular weight is 352 g/mol. The van der Waals surface area contributed by atoms with Gasteiger partial charge in [-0.05, 0) is 12.3 Å². The lowest BCUT2D eigenvalue weighted by molar-refractivity contribution is -0.147. The van der Waals surface area contributed by atoms with Crippen molar-refractivity contribution in [3.8, 4) is 0 Å². The van der Waals surface area contributed by atoms with Gasteiger partial charge in [0, 0.05) is 0 Å². The van der Waals surface area contributed by atoms with Crippen molar-refractivity contribution < 1.29 is 24.2 Å². The van der Waals surface area contributed by atoms with Crippen LogP contribution in [0.3, 0.4) is 0 Å². The lowest BCUT2D eigenvalue weighted by Gasteiger charge is -2.35. The van der Waals surface area contributed by atoms with Crippen LogP contribution in [-0.4, -0.2) is 40.4 Å². The molecule has 0 rings (SSSR count). The van der Waals surface area contributed by atoms with Gasteiger partial charge in [0.1, 0.15) is 10.9 Å². The van der Waals surface area contributed by atoms with E-state index in [0.717, 1.165) is 0 Å². The van der Waals surface area contributed by atoms with E-state index in [1.807, 2.05) is 20.8 Å². The minimum Gasteiger partial charge on any atom is -0.481 e. The van der Waals surface area contributed by atoms with Crippen molar-refractivity contribution in [2.45, 2.75) is 44.9 Å². The van der Waals surface area contributed by atoms with Crippen LogP contribution in [0.5, 0.6) is 0 Å². The number of nitrogens with one attached hydrogen (secondary N) is 1. The fraction of sp³-hybridized carbons (Fsp3) is 0.769. The molecule has 0 aliphatic carbocycles. The lowest BCUT2D eigenvalue weighted by atomic mass is 9.81. The van der Waals surface area contributed by atoms with Crippen molar-refractivity contribution in [3.63, 3.8) is 0 Å². The van der Waals surface area contributed by atoms with Crippen LogP contribution in [0.4, 0.5) is 0 Å². The predicted octanol–water partition coefficient (Wildman–Crippen LogP) is 1.71. The van der Waals surface area contributed by atoms with Crippen LogP contribution in [-0.2, 0) is 19.1 Å². The molecule has 116 valence electrons. The Bertz CT molecular complexity index is 373. The number of hydrogen-bond donors (Lipinski definition) is 2. The van der Waals surface area contributed by atoms with E-state index in [9.17, 15) is 14.4 Å². The topological polar surface area (TPSA) is 92.7 Å². The zero-order valence-corrected chi connectivity index (χ0v) is 13.9. The normalized spacial score (nSPS) is 14.2. The number of rotatable bonds is 7. The molecule has 0 aromatic heterocycles. The van der Waals surface area contributed by atoms with E-state index in [-0.39, 0.29) is 37.3 Å². The number of carbonyl (C=O) groups is 3. The second-order valence-electron chi connectivity index (χ2n) is 5.62. The van der Waals surface area contributed by atoms with E-state index >= 15 is 0 Å². The minimum absolute atomic E-state index is 0.0252. The van der Waals surface area contributed by atoms with Gasteiger partial charge in [-0.25, -0.2) is 0 Å². The Morgan fingerprint density at radius 2 is 1.70 bits per heavy atom. The second kappa shape index (κ2) is 7.61. The number of amides is 1. The summed E-state index contributed by atoms with van der Waals surface area (Å²) in [6.07, 6.45) is -0.421. The van der Waals surface area contributed by atoms with Gasteiger partial charge in [0.2, 0.25) is 5.91 Å². The Kier molecular flexibility index (Phi) is 7.19. The third-order valence-corrected chi connectivity index (χ3v) is 4.58. The summed E-state index contributed by atoms with van der Waals surface area (Å²) in [6, 6.07) is 0. The molecule has 20 heavy (non-hydrogen) atoms. The van der Waals surface area contributed by atoms with Gasteiger partial charge in [-0.3, -0.25) is 14.4 Å². The molecule has 7 heteroatoms. The van der Waals surface area contributed by atoms with E-state index in [2.05, 4.69) is 21.2 Å². The molecule has 6 nitrogen and oxygen atoms in total. The maximum Gasteiger partial charge on any atom is 0.306 e. The predicted molar refractivity (Wildman–Crippen MR) is 77.6 cm³/mol. The smallest absolute Gasteiger partial charge is 0.306 e. The van der Waals surface area contributed by atoms with Crippen LogP contribution in [0.15, 0.2) is 0 Å². The number of carbonyl (C=O) groups excluding carboxylic acids is 2. The van der Waals surface area contributed by atoms with Gasteiger partial charge in [-0.2, -0.15) is 0 Å². The van der Waals surface area contributed by atoms with Crippen LogP contribution < -0.4 is 5.32 Å². The number of hydrogen-bond acceptors (Lipinski definition) is 4. The first-order valence-electron chi connectivity index (χ1n) is 6.33. The Hall–Kier alpha value is -1.11. The Labute approximate surface area is 127 Å². The molecule has 0 saturated heterocycles. The zero-order valence-electron chi connectivity index (χ0n) is 12.3. The quantitative estimate of drug-likeness (QED) is 0.413. The number of carboxylic acids is 1. The Balaban J connectivity index is 3.99. The highest BCUT2D eigenvalue weighted by Gasteiger charge is 2.41. The number of aliphatic carboxylic acids is 1. The maximum atomic E-state index is 12.0. The summed E-state index contributed by atoms with van der Waals surface area (Å²) in [4.78, 5) is 33.4. The SMILES string of the molecule is CC(C)(C)C(C)(Br)C(=O)NCCOC(=O)CCC(=O)O. The standard InChI is InChI=1S/C13H22BrNO5/c1-12(2,3)13(4,14)11(19)15-7-8-20-10(18)6-5-9(16)17/h5-8H2,1-4H3,(H,15,19)(H,16,17). The van der Waals surface area contributed by atoms with Crippen LogP contribution in [0.2, 0.25) is 0 Å². The van der Waals surface area contributed by atoms with Gasteiger partial charge in [-0.1, -0.05) is 36.7 Å². The number of ether oxygens (including phenoxy) is 1. The molecule has 1 atom stereocenters. The number of esters is 1. The zero-order chi connectivity index (χ0) is 16.0. The maximum absolute atomic E-state index is 12.0. The fourth-order valence-electron chi connectivity index (χ4n) is 1.12. The lowest BCUT2D eigenvalue weighted by Crippen LogP contribution is -2.49. The van der Waals surface area contributed by atoms with Crippen LogP contribution >= 0.6 is 15.9 Å². The Morgan fingerprint density at radius 3 is 2.15 bits per heavy atom. The molecule has 0 bridgehead atoms. The van der Waals surface area contributed by atoms with Crippen molar-refractivity contribution in [2.24, 2.45) is 5.41 Å². The van der Waals surface area contributed by atoms with Gasteiger partial charge in [0.05, 0.1) is 19.4 Å². The molecule has 0 saturated carbocycles. The molecule has 0 radical (unpaired) electrons. The highest BCUT2D eigenvalue weighted by Crippen LogP contribution is 2.37. The van der Waals surface area contributed by atoms with Crippen molar-refractivity contribution in [1.82, 2.24) is 5.32 Å². The summed E-state index contributed by atoms with van der Waals surface area (Å²) in [5.74, 6) is -1.82. The molecule has 0 fully saturated rings. The second-order valence-corrected chi connectivity index (χ2v) is 7.21. The summed E-state index contributed by atoms with van der Waals surface area (Å²) < 4.78 is 4.08. The summed E-state index contributed by atoms with van der Waals surface area (Å²) in [6.45, 7) is 7.81.